The largest absolute Gasteiger partial charge is 0.349 e. The maximum absolute atomic E-state index is 14.8. The SMILES string of the molecule is CC(C)(C)NC(=O)[C@@H](c1ccccc1F)N(C(=O)c1csnn1)c1cccc(F)c1. The zero-order valence-electron chi connectivity index (χ0n) is 16.6. The van der Waals surface area contributed by atoms with Gasteiger partial charge in [0.2, 0.25) is 5.91 Å². The van der Waals surface area contributed by atoms with Crippen LogP contribution in [0.4, 0.5) is 14.5 Å². The first kappa shape index (κ1) is 21.5. The molecule has 0 aliphatic heterocycles. The number of anilines is 1. The zero-order chi connectivity index (χ0) is 21.9. The minimum atomic E-state index is -1.40. The van der Waals surface area contributed by atoms with Gasteiger partial charge in [0, 0.05) is 22.2 Å². The van der Waals surface area contributed by atoms with Crippen LogP contribution < -0.4 is 10.2 Å². The lowest BCUT2D eigenvalue weighted by Crippen LogP contribution is -2.49. The van der Waals surface area contributed by atoms with Crippen LogP contribution in [-0.2, 0) is 4.79 Å². The first-order valence-corrected chi connectivity index (χ1v) is 9.93. The van der Waals surface area contributed by atoms with Crippen LogP contribution in [0.25, 0.3) is 0 Å². The van der Waals surface area contributed by atoms with Crippen LogP contribution in [-0.4, -0.2) is 26.9 Å². The quantitative estimate of drug-likeness (QED) is 0.661. The first-order chi connectivity index (χ1) is 14.2. The fourth-order valence-corrected chi connectivity index (χ4v) is 3.35. The lowest BCUT2D eigenvalue weighted by Gasteiger charge is -2.33. The number of nitrogens with zero attached hydrogens (tertiary/aromatic N) is 3. The lowest BCUT2D eigenvalue weighted by atomic mass is 10.00. The number of nitrogens with one attached hydrogen (secondary N) is 1. The summed E-state index contributed by atoms with van der Waals surface area (Å²) < 4.78 is 32.5. The first-order valence-electron chi connectivity index (χ1n) is 9.10. The minimum Gasteiger partial charge on any atom is -0.349 e. The van der Waals surface area contributed by atoms with E-state index in [4.69, 9.17) is 0 Å². The van der Waals surface area contributed by atoms with Gasteiger partial charge in [0.25, 0.3) is 5.91 Å². The number of rotatable bonds is 5. The number of amides is 2. The number of carbonyl (C=O) groups excluding carboxylic acids is 2. The Morgan fingerprint density at radius 3 is 2.43 bits per heavy atom. The summed E-state index contributed by atoms with van der Waals surface area (Å²) in [6, 6.07) is 9.46. The fourth-order valence-electron chi connectivity index (χ4n) is 2.92. The molecule has 30 heavy (non-hydrogen) atoms. The van der Waals surface area contributed by atoms with Gasteiger partial charge in [0.05, 0.1) is 0 Å². The normalized spacial score (nSPS) is 12.3. The van der Waals surface area contributed by atoms with E-state index in [0.29, 0.717) is 0 Å². The van der Waals surface area contributed by atoms with E-state index >= 15 is 0 Å². The molecule has 0 spiro atoms. The van der Waals surface area contributed by atoms with Crippen molar-refractivity contribution in [3.8, 4) is 0 Å². The molecule has 3 rings (SSSR count). The summed E-state index contributed by atoms with van der Waals surface area (Å²) >= 11 is 0.955. The van der Waals surface area contributed by atoms with E-state index in [1.165, 1.54) is 41.8 Å². The van der Waals surface area contributed by atoms with Gasteiger partial charge in [-0.2, -0.15) is 0 Å². The second-order valence-corrected chi connectivity index (χ2v) is 8.22. The standard InChI is InChI=1S/C21H20F2N4O2S/c1-21(2,3)24-19(28)18(15-9-4-5-10-16(15)23)27(14-8-6-7-13(22)11-14)20(29)17-12-30-26-25-17/h4-12,18H,1-3H3,(H,24,28)/t18-/m1/s1. The molecule has 0 saturated heterocycles. The number of hydrogen-bond acceptors (Lipinski definition) is 5. The highest BCUT2D eigenvalue weighted by Gasteiger charge is 2.37. The maximum Gasteiger partial charge on any atom is 0.280 e. The molecule has 2 aromatic carbocycles. The Morgan fingerprint density at radius 1 is 1.10 bits per heavy atom. The Kier molecular flexibility index (Phi) is 6.21. The Hall–Kier alpha value is -3.20. The number of benzene rings is 2. The number of halogens is 2. The van der Waals surface area contributed by atoms with Crippen LogP contribution in [0.2, 0.25) is 0 Å². The molecule has 2 amide bonds. The predicted molar refractivity (Wildman–Crippen MR) is 110 cm³/mol. The van der Waals surface area contributed by atoms with Gasteiger partial charge in [-0.1, -0.05) is 28.8 Å². The van der Waals surface area contributed by atoms with E-state index in [9.17, 15) is 18.4 Å². The average Bonchev–Trinajstić information content (AvgIpc) is 3.19. The Morgan fingerprint density at radius 2 is 1.83 bits per heavy atom. The van der Waals surface area contributed by atoms with Gasteiger partial charge < -0.3 is 5.32 Å². The topological polar surface area (TPSA) is 75.2 Å². The molecular weight excluding hydrogens is 410 g/mol. The van der Waals surface area contributed by atoms with Gasteiger partial charge in [0.1, 0.15) is 17.7 Å². The summed E-state index contributed by atoms with van der Waals surface area (Å²) in [6.07, 6.45) is 0. The summed E-state index contributed by atoms with van der Waals surface area (Å²) in [5.41, 5.74) is -0.626. The minimum absolute atomic E-state index is 0.0277. The van der Waals surface area contributed by atoms with Gasteiger partial charge in [-0.25, -0.2) is 8.78 Å². The van der Waals surface area contributed by atoms with Crippen LogP contribution in [0.5, 0.6) is 0 Å². The van der Waals surface area contributed by atoms with Crippen LogP contribution >= 0.6 is 11.5 Å². The summed E-state index contributed by atoms with van der Waals surface area (Å²) in [5, 5.41) is 7.97. The third-order valence-corrected chi connectivity index (χ3v) is 4.59. The van der Waals surface area contributed by atoms with Crippen molar-refractivity contribution in [2.45, 2.75) is 32.4 Å². The summed E-state index contributed by atoms with van der Waals surface area (Å²) in [5.74, 6) is -2.59. The predicted octanol–water partition coefficient (Wildman–Crippen LogP) is 4.12. The van der Waals surface area contributed by atoms with Crippen molar-refractivity contribution >= 4 is 29.0 Å². The van der Waals surface area contributed by atoms with Crippen molar-refractivity contribution in [2.24, 2.45) is 0 Å². The Balaban J connectivity index is 2.21. The Labute approximate surface area is 176 Å². The van der Waals surface area contributed by atoms with E-state index in [1.54, 1.807) is 26.8 Å². The molecule has 0 unspecified atom stereocenters. The number of hydrogen-bond donors (Lipinski definition) is 1. The van der Waals surface area contributed by atoms with Crippen molar-refractivity contribution in [2.75, 3.05) is 4.90 Å². The van der Waals surface area contributed by atoms with Crippen LogP contribution in [0.15, 0.2) is 53.9 Å². The zero-order valence-corrected chi connectivity index (χ0v) is 17.4. The van der Waals surface area contributed by atoms with E-state index in [0.717, 1.165) is 22.5 Å². The van der Waals surface area contributed by atoms with Crippen molar-refractivity contribution in [1.29, 1.82) is 0 Å². The molecule has 1 heterocycles. The fraction of sp³-hybridized carbons (Fsp3) is 0.238. The van der Waals surface area contributed by atoms with Gasteiger partial charge in [-0.3, -0.25) is 14.5 Å². The van der Waals surface area contributed by atoms with E-state index in [-0.39, 0.29) is 16.9 Å². The molecule has 3 aromatic rings. The van der Waals surface area contributed by atoms with Crippen molar-refractivity contribution in [3.05, 3.63) is 76.8 Å². The molecule has 1 atom stereocenters. The van der Waals surface area contributed by atoms with Gasteiger partial charge in [-0.05, 0) is 56.6 Å². The molecule has 0 fully saturated rings. The molecule has 0 radical (unpaired) electrons. The molecule has 1 aromatic heterocycles. The van der Waals surface area contributed by atoms with Crippen molar-refractivity contribution in [3.63, 3.8) is 0 Å². The van der Waals surface area contributed by atoms with Crippen LogP contribution in [0.1, 0.15) is 42.9 Å². The molecule has 0 bridgehead atoms. The smallest absolute Gasteiger partial charge is 0.280 e. The summed E-state index contributed by atoms with van der Waals surface area (Å²) in [7, 11) is 0. The molecule has 6 nitrogen and oxygen atoms in total. The van der Waals surface area contributed by atoms with Crippen molar-refractivity contribution in [1.82, 2.24) is 14.9 Å². The second-order valence-electron chi connectivity index (χ2n) is 7.61. The van der Waals surface area contributed by atoms with Gasteiger partial charge in [-0.15, -0.1) is 5.10 Å². The van der Waals surface area contributed by atoms with E-state index in [1.807, 2.05) is 0 Å². The second kappa shape index (κ2) is 8.66. The van der Waals surface area contributed by atoms with E-state index < -0.39 is 35.0 Å². The maximum atomic E-state index is 14.8. The molecule has 1 N–H and O–H groups in total. The number of carbonyl (C=O) groups is 2. The van der Waals surface area contributed by atoms with Gasteiger partial charge >= 0.3 is 0 Å². The monoisotopic (exact) mass is 430 g/mol. The highest BCUT2D eigenvalue weighted by atomic mass is 32.1. The summed E-state index contributed by atoms with van der Waals surface area (Å²) in [4.78, 5) is 27.6. The van der Waals surface area contributed by atoms with Gasteiger partial charge in [0.15, 0.2) is 5.69 Å². The highest BCUT2D eigenvalue weighted by molar-refractivity contribution is 7.03. The molecule has 156 valence electrons. The van der Waals surface area contributed by atoms with Crippen molar-refractivity contribution < 1.29 is 18.4 Å². The molecule has 0 saturated carbocycles. The Bertz CT molecular complexity index is 1050. The third-order valence-electron chi connectivity index (χ3n) is 4.09. The van der Waals surface area contributed by atoms with Crippen LogP contribution in [0.3, 0.4) is 0 Å². The lowest BCUT2D eigenvalue weighted by molar-refractivity contribution is -0.124. The molecular formula is C21H20F2N4O2S. The number of aromatic nitrogens is 2. The van der Waals surface area contributed by atoms with E-state index in [2.05, 4.69) is 14.9 Å². The summed E-state index contributed by atoms with van der Waals surface area (Å²) in [6.45, 7) is 5.30. The molecule has 0 aliphatic carbocycles. The average molecular weight is 430 g/mol. The highest BCUT2D eigenvalue weighted by Crippen LogP contribution is 2.32. The molecule has 0 aliphatic rings. The molecule has 9 heteroatoms. The third kappa shape index (κ3) is 4.85. The van der Waals surface area contributed by atoms with Crippen LogP contribution in [0, 0.1) is 11.6 Å².